The summed E-state index contributed by atoms with van der Waals surface area (Å²) < 4.78 is 14.7. The summed E-state index contributed by atoms with van der Waals surface area (Å²) in [5.74, 6) is -0.514. The van der Waals surface area contributed by atoms with E-state index >= 15 is 0 Å². The number of benzene rings is 1. The van der Waals surface area contributed by atoms with Gasteiger partial charge < -0.3 is 5.73 Å². The fourth-order valence-electron chi connectivity index (χ4n) is 1.55. The molecule has 0 bridgehead atoms. The SMILES string of the molecule is N#Cc1ccc(F)c(Cn2cnc(Cl)c(N)c2=O)c1. The zero-order valence-corrected chi connectivity index (χ0v) is 10.4. The van der Waals surface area contributed by atoms with Gasteiger partial charge in [-0.3, -0.25) is 9.36 Å². The lowest BCUT2D eigenvalue weighted by Gasteiger charge is -2.08. The zero-order valence-electron chi connectivity index (χ0n) is 9.60. The van der Waals surface area contributed by atoms with Crippen LogP contribution in [0.3, 0.4) is 0 Å². The van der Waals surface area contributed by atoms with Crippen molar-refractivity contribution in [1.29, 1.82) is 5.26 Å². The second kappa shape index (κ2) is 5.08. The maximum absolute atomic E-state index is 13.6. The highest BCUT2D eigenvalue weighted by Gasteiger charge is 2.09. The molecular weight excluding hydrogens is 271 g/mol. The van der Waals surface area contributed by atoms with Crippen molar-refractivity contribution in [2.45, 2.75) is 6.54 Å². The largest absolute Gasteiger partial charge is 0.392 e. The Balaban J connectivity index is 2.45. The molecule has 0 atom stereocenters. The van der Waals surface area contributed by atoms with Crippen LogP contribution in [0.2, 0.25) is 5.15 Å². The maximum atomic E-state index is 13.6. The lowest BCUT2D eigenvalue weighted by molar-refractivity contribution is 0.594. The molecule has 0 saturated carbocycles. The number of nitrogen functional groups attached to an aromatic ring is 1. The van der Waals surface area contributed by atoms with Gasteiger partial charge in [-0.2, -0.15) is 5.26 Å². The average Bonchev–Trinajstić information content (AvgIpc) is 2.41. The Hall–Kier alpha value is -2.39. The molecule has 0 aliphatic carbocycles. The quantitative estimate of drug-likeness (QED) is 0.845. The van der Waals surface area contributed by atoms with Gasteiger partial charge in [-0.15, -0.1) is 0 Å². The molecule has 0 unspecified atom stereocenters. The Kier molecular flexibility index (Phi) is 3.49. The van der Waals surface area contributed by atoms with Crippen LogP contribution < -0.4 is 11.3 Å². The molecule has 1 heterocycles. The summed E-state index contributed by atoms with van der Waals surface area (Å²) in [4.78, 5) is 15.5. The highest BCUT2D eigenvalue weighted by atomic mass is 35.5. The zero-order chi connectivity index (χ0) is 14.0. The lowest BCUT2D eigenvalue weighted by Crippen LogP contribution is -2.24. The number of rotatable bonds is 2. The molecule has 0 radical (unpaired) electrons. The predicted octanol–water partition coefficient (Wildman–Crippen LogP) is 1.54. The molecule has 19 heavy (non-hydrogen) atoms. The molecule has 0 aliphatic rings. The fraction of sp³-hybridized carbons (Fsp3) is 0.0833. The number of halogens is 2. The molecule has 5 nitrogen and oxygen atoms in total. The van der Waals surface area contributed by atoms with Crippen LogP contribution in [0, 0.1) is 17.1 Å². The minimum atomic E-state index is -0.554. The van der Waals surface area contributed by atoms with E-state index in [2.05, 4.69) is 4.98 Å². The fourth-order valence-corrected chi connectivity index (χ4v) is 1.67. The predicted molar refractivity (Wildman–Crippen MR) is 68.1 cm³/mol. The maximum Gasteiger partial charge on any atom is 0.278 e. The van der Waals surface area contributed by atoms with E-state index in [1.54, 1.807) is 0 Å². The molecule has 7 heteroatoms. The Morgan fingerprint density at radius 1 is 1.53 bits per heavy atom. The Morgan fingerprint density at radius 3 is 2.95 bits per heavy atom. The van der Waals surface area contributed by atoms with Crippen LogP contribution >= 0.6 is 11.6 Å². The van der Waals surface area contributed by atoms with E-state index in [-0.39, 0.29) is 22.9 Å². The van der Waals surface area contributed by atoms with Crippen LogP contribution in [0.15, 0.2) is 29.3 Å². The topological polar surface area (TPSA) is 84.7 Å². The summed E-state index contributed by atoms with van der Waals surface area (Å²) in [6.45, 7) is -0.0748. The summed E-state index contributed by atoms with van der Waals surface area (Å²) in [5.41, 5.74) is 5.21. The van der Waals surface area contributed by atoms with Crippen LogP contribution in [0.5, 0.6) is 0 Å². The first-order valence-corrected chi connectivity index (χ1v) is 5.59. The van der Waals surface area contributed by atoms with Crippen LogP contribution in [0.1, 0.15) is 11.1 Å². The van der Waals surface area contributed by atoms with Crippen LogP contribution in [-0.4, -0.2) is 9.55 Å². The first-order valence-electron chi connectivity index (χ1n) is 5.22. The molecule has 2 aromatic rings. The van der Waals surface area contributed by atoms with Crippen molar-refractivity contribution in [1.82, 2.24) is 9.55 Å². The van der Waals surface area contributed by atoms with Crippen molar-refractivity contribution in [3.8, 4) is 6.07 Å². The first-order chi connectivity index (χ1) is 9.02. The van der Waals surface area contributed by atoms with Crippen molar-refractivity contribution in [2.75, 3.05) is 5.73 Å². The van der Waals surface area contributed by atoms with Gasteiger partial charge in [0.25, 0.3) is 5.56 Å². The third-order valence-electron chi connectivity index (χ3n) is 2.54. The lowest BCUT2D eigenvalue weighted by atomic mass is 10.1. The van der Waals surface area contributed by atoms with Gasteiger partial charge in [-0.05, 0) is 18.2 Å². The molecule has 0 aliphatic heterocycles. The van der Waals surface area contributed by atoms with Crippen LogP contribution in [0.4, 0.5) is 10.1 Å². The summed E-state index contributed by atoms with van der Waals surface area (Å²) in [6, 6.07) is 5.80. The second-order valence-electron chi connectivity index (χ2n) is 3.80. The monoisotopic (exact) mass is 278 g/mol. The summed E-state index contributed by atoms with van der Waals surface area (Å²) >= 11 is 5.60. The first kappa shape index (κ1) is 13.1. The molecule has 0 saturated heterocycles. The Labute approximate surface area is 112 Å². The van der Waals surface area contributed by atoms with Gasteiger partial charge in [0.1, 0.15) is 11.5 Å². The van der Waals surface area contributed by atoms with E-state index in [1.807, 2.05) is 6.07 Å². The number of nitrogens with zero attached hydrogens (tertiary/aromatic N) is 3. The Bertz CT molecular complexity index is 735. The molecule has 2 rings (SSSR count). The normalized spacial score (nSPS) is 10.2. The van der Waals surface area contributed by atoms with Gasteiger partial charge in [0.15, 0.2) is 5.15 Å². The smallest absolute Gasteiger partial charge is 0.278 e. The number of hydrogen-bond acceptors (Lipinski definition) is 4. The average molecular weight is 279 g/mol. The highest BCUT2D eigenvalue weighted by Crippen LogP contribution is 2.13. The number of aromatic nitrogens is 2. The van der Waals surface area contributed by atoms with Gasteiger partial charge in [-0.25, -0.2) is 9.37 Å². The van der Waals surface area contributed by atoms with Gasteiger partial charge >= 0.3 is 0 Å². The van der Waals surface area contributed by atoms with E-state index in [1.165, 1.54) is 24.5 Å². The van der Waals surface area contributed by atoms with Crippen LogP contribution in [0.25, 0.3) is 0 Å². The van der Waals surface area contributed by atoms with Crippen molar-refractivity contribution in [2.24, 2.45) is 0 Å². The third kappa shape index (κ3) is 2.56. The Morgan fingerprint density at radius 2 is 2.26 bits per heavy atom. The molecule has 0 amide bonds. The molecule has 1 aromatic heterocycles. The summed E-state index contributed by atoms with van der Waals surface area (Å²) in [6.07, 6.45) is 1.18. The van der Waals surface area contributed by atoms with Gasteiger partial charge in [-0.1, -0.05) is 11.6 Å². The van der Waals surface area contributed by atoms with E-state index in [0.717, 1.165) is 4.57 Å². The molecule has 0 spiro atoms. The summed E-state index contributed by atoms with van der Waals surface area (Å²) in [7, 11) is 0. The standard InChI is InChI=1S/C12H8ClFN4O/c13-11-10(16)12(19)18(6-17-11)5-8-3-7(4-15)1-2-9(8)14/h1-3,6H,5,16H2. The molecule has 2 N–H and O–H groups in total. The van der Waals surface area contributed by atoms with Gasteiger partial charge in [0, 0.05) is 5.56 Å². The molecule has 96 valence electrons. The minimum absolute atomic E-state index is 0.0748. The number of anilines is 1. The van der Waals surface area contributed by atoms with Gasteiger partial charge in [0.05, 0.1) is 24.5 Å². The van der Waals surface area contributed by atoms with E-state index in [0.29, 0.717) is 5.56 Å². The second-order valence-corrected chi connectivity index (χ2v) is 4.16. The van der Waals surface area contributed by atoms with E-state index in [4.69, 9.17) is 22.6 Å². The summed E-state index contributed by atoms with van der Waals surface area (Å²) in [5, 5.41) is 8.67. The number of nitrogens with two attached hydrogens (primary N) is 1. The van der Waals surface area contributed by atoms with Gasteiger partial charge in [0.2, 0.25) is 0 Å². The van der Waals surface area contributed by atoms with Crippen molar-refractivity contribution >= 4 is 17.3 Å². The number of hydrogen-bond donors (Lipinski definition) is 1. The van der Waals surface area contributed by atoms with Crippen LogP contribution in [-0.2, 0) is 6.54 Å². The third-order valence-corrected chi connectivity index (χ3v) is 2.84. The van der Waals surface area contributed by atoms with Crippen molar-refractivity contribution in [3.05, 3.63) is 57.0 Å². The van der Waals surface area contributed by atoms with E-state index < -0.39 is 11.4 Å². The van der Waals surface area contributed by atoms with Crippen molar-refractivity contribution in [3.63, 3.8) is 0 Å². The number of nitriles is 1. The molecular formula is C12H8ClFN4O. The van der Waals surface area contributed by atoms with E-state index in [9.17, 15) is 9.18 Å². The minimum Gasteiger partial charge on any atom is -0.392 e. The molecule has 0 fully saturated rings. The van der Waals surface area contributed by atoms with Crippen molar-refractivity contribution < 1.29 is 4.39 Å². The highest BCUT2D eigenvalue weighted by molar-refractivity contribution is 6.31. The molecule has 1 aromatic carbocycles.